The zero-order valence-corrected chi connectivity index (χ0v) is 16.0. The summed E-state index contributed by atoms with van der Waals surface area (Å²) in [4.78, 5) is 38.4. The highest BCUT2D eigenvalue weighted by molar-refractivity contribution is 6.04. The van der Waals surface area contributed by atoms with Gasteiger partial charge in [0, 0.05) is 16.7 Å². The van der Waals surface area contributed by atoms with Gasteiger partial charge in [0.1, 0.15) is 5.75 Å². The summed E-state index contributed by atoms with van der Waals surface area (Å²) in [5.41, 5.74) is 2.61. The van der Waals surface area contributed by atoms with Crippen LogP contribution in [0, 0.1) is 6.92 Å². The van der Waals surface area contributed by atoms with Gasteiger partial charge < -0.3 is 20.4 Å². The molecule has 0 saturated heterocycles. The van der Waals surface area contributed by atoms with Crippen LogP contribution in [0.3, 0.4) is 0 Å². The second-order valence-corrected chi connectivity index (χ2v) is 7.00. The highest BCUT2D eigenvalue weighted by atomic mass is 16.4. The zero-order valence-electron chi connectivity index (χ0n) is 16.0. The average Bonchev–Trinajstić information content (AvgIpc) is 3.29. The molecule has 152 valence electrons. The van der Waals surface area contributed by atoms with Crippen molar-refractivity contribution in [2.75, 3.05) is 5.32 Å². The quantitative estimate of drug-likeness (QED) is 0.614. The number of benzene rings is 2. The minimum absolute atomic E-state index is 0.0212. The Hall–Kier alpha value is -4.14. The van der Waals surface area contributed by atoms with E-state index in [1.54, 1.807) is 12.1 Å². The summed E-state index contributed by atoms with van der Waals surface area (Å²) in [6.45, 7) is 2.11. The van der Waals surface area contributed by atoms with Gasteiger partial charge >= 0.3 is 6.09 Å². The van der Waals surface area contributed by atoms with Gasteiger partial charge in [-0.2, -0.15) is 4.68 Å². The van der Waals surface area contributed by atoms with Crippen molar-refractivity contribution >= 4 is 23.7 Å². The first-order chi connectivity index (χ1) is 14.3. The third-order valence-corrected chi connectivity index (χ3v) is 4.91. The van der Waals surface area contributed by atoms with Gasteiger partial charge in [0.05, 0.1) is 18.8 Å². The first-order valence-corrected chi connectivity index (χ1v) is 9.14. The van der Waals surface area contributed by atoms with Crippen molar-refractivity contribution in [2.24, 2.45) is 0 Å². The number of carboxylic acid groups (broad SMARTS) is 1. The summed E-state index contributed by atoms with van der Waals surface area (Å²) >= 11 is 0. The number of carbonyl (C=O) groups is 3. The molecule has 0 atom stereocenters. The Bertz CT molecular complexity index is 1150. The Morgan fingerprint density at radius 3 is 2.23 bits per heavy atom. The molecular formula is C21H18N4O5. The minimum Gasteiger partial charge on any atom is -0.508 e. The Balaban J connectivity index is 1.60. The molecule has 1 aliphatic heterocycles. The van der Waals surface area contributed by atoms with Crippen LogP contribution in [0.2, 0.25) is 0 Å². The van der Waals surface area contributed by atoms with E-state index >= 15 is 0 Å². The lowest BCUT2D eigenvalue weighted by Gasteiger charge is -2.16. The standard InChI is InChI=1S/C21H18N4O5/c1-12-2-4-14(5-3-12)20(28)24-10-16-17(11-24)25(21(29)30)23-18(16)22-19(27)13-6-8-15(26)9-7-13/h2-9,26H,10-11H2,1H3,(H,29,30)(H,22,23,27). The molecule has 2 aromatic carbocycles. The van der Waals surface area contributed by atoms with E-state index in [1.165, 1.54) is 29.2 Å². The number of nitrogens with one attached hydrogen (secondary N) is 1. The summed E-state index contributed by atoms with van der Waals surface area (Å²) in [5, 5.41) is 25.4. The first kappa shape index (κ1) is 19.2. The number of aromatic hydroxyl groups is 1. The van der Waals surface area contributed by atoms with Crippen LogP contribution in [0.25, 0.3) is 0 Å². The Morgan fingerprint density at radius 2 is 1.60 bits per heavy atom. The number of rotatable bonds is 3. The lowest BCUT2D eigenvalue weighted by molar-refractivity contribution is 0.0747. The fourth-order valence-corrected chi connectivity index (χ4v) is 3.31. The molecule has 0 radical (unpaired) electrons. The predicted octanol–water partition coefficient (Wildman–Crippen LogP) is 2.83. The van der Waals surface area contributed by atoms with E-state index in [-0.39, 0.29) is 36.1 Å². The number of carbonyl (C=O) groups excluding carboxylic acids is 2. The summed E-state index contributed by atoms with van der Waals surface area (Å²) in [6.07, 6.45) is -1.30. The summed E-state index contributed by atoms with van der Waals surface area (Å²) in [6, 6.07) is 12.7. The van der Waals surface area contributed by atoms with Crippen molar-refractivity contribution in [1.82, 2.24) is 14.7 Å². The van der Waals surface area contributed by atoms with Crippen molar-refractivity contribution < 1.29 is 24.6 Å². The van der Waals surface area contributed by atoms with Gasteiger partial charge in [-0.25, -0.2) is 4.79 Å². The van der Waals surface area contributed by atoms with E-state index in [1.807, 2.05) is 19.1 Å². The molecule has 0 unspecified atom stereocenters. The molecule has 1 aromatic heterocycles. The largest absolute Gasteiger partial charge is 0.508 e. The second-order valence-electron chi connectivity index (χ2n) is 7.00. The Kier molecular flexibility index (Phi) is 4.71. The molecule has 0 fully saturated rings. The van der Waals surface area contributed by atoms with Crippen molar-refractivity contribution in [3.63, 3.8) is 0 Å². The van der Waals surface area contributed by atoms with Crippen LogP contribution >= 0.6 is 0 Å². The van der Waals surface area contributed by atoms with Crippen LogP contribution in [-0.4, -0.2) is 42.8 Å². The van der Waals surface area contributed by atoms with E-state index < -0.39 is 12.0 Å². The Morgan fingerprint density at radius 1 is 0.967 bits per heavy atom. The molecule has 0 aliphatic carbocycles. The molecular weight excluding hydrogens is 388 g/mol. The highest BCUT2D eigenvalue weighted by Gasteiger charge is 2.33. The number of hydrogen-bond acceptors (Lipinski definition) is 5. The highest BCUT2D eigenvalue weighted by Crippen LogP contribution is 2.30. The summed E-state index contributed by atoms with van der Waals surface area (Å²) in [5.74, 6) is -0.632. The number of aromatic nitrogens is 2. The monoisotopic (exact) mass is 406 g/mol. The molecule has 30 heavy (non-hydrogen) atoms. The number of phenolic OH excluding ortho intramolecular Hbond substituents is 1. The maximum Gasteiger partial charge on any atom is 0.432 e. The SMILES string of the molecule is Cc1ccc(C(=O)N2Cc3c(NC(=O)c4ccc(O)cc4)nn(C(=O)O)c3C2)cc1. The second kappa shape index (κ2) is 7.36. The predicted molar refractivity (Wildman–Crippen MR) is 106 cm³/mol. The molecule has 0 spiro atoms. The van der Waals surface area contributed by atoms with Crippen LogP contribution < -0.4 is 5.32 Å². The zero-order chi connectivity index (χ0) is 21.4. The van der Waals surface area contributed by atoms with E-state index in [2.05, 4.69) is 10.4 Å². The number of hydrogen-bond donors (Lipinski definition) is 3. The number of phenols is 1. The maximum atomic E-state index is 12.8. The van der Waals surface area contributed by atoms with Crippen LogP contribution in [-0.2, 0) is 13.1 Å². The molecule has 1 aliphatic rings. The lowest BCUT2D eigenvalue weighted by Crippen LogP contribution is -2.27. The average molecular weight is 406 g/mol. The van der Waals surface area contributed by atoms with E-state index in [0.29, 0.717) is 16.8 Å². The van der Waals surface area contributed by atoms with E-state index in [4.69, 9.17) is 0 Å². The molecule has 2 amide bonds. The van der Waals surface area contributed by atoms with Crippen LogP contribution in [0.4, 0.5) is 10.6 Å². The van der Waals surface area contributed by atoms with Crippen molar-refractivity contribution in [1.29, 1.82) is 0 Å². The van der Waals surface area contributed by atoms with Gasteiger partial charge in [0.25, 0.3) is 11.8 Å². The summed E-state index contributed by atoms with van der Waals surface area (Å²) < 4.78 is 0.782. The van der Waals surface area contributed by atoms with Crippen molar-refractivity contribution in [3.05, 3.63) is 76.5 Å². The van der Waals surface area contributed by atoms with E-state index in [9.17, 15) is 24.6 Å². The molecule has 9 nitrogen and oxygen atoms in total. The van der Waals surface area contributed by atoms with Gasteiger partial charge in [-0.1, -0.05) is 17.7 Å². The lowest BCUT2D eigenvalue weighted by atomic mass is 10.1. The minimum atomic E-state index is -1.30. The van der Waals surface area contributed by atoms with Crippen LogP contribution in [0.5, 0.6) is 5.75 Å². The molecule has 2 heterocycles. The van der Waals surface area contributed by atoms with Gasteiger partial charge in [-0.05, 0) is 43.3 Å². The van der Waals surface area contributed by atoms with E-state index in [0.717, 1.165) is 10.2 Å². The number of amides is 2. The number of anilines is 1. The topological polar surface area (TPSA) is 125 Å². The fraction of sp³-hybridized carbons (Fsp3) is 0.143. The maximum absolute atomic E-state index is 12.8. The normalized spacial score (nSPS) is 12.5. The number of fused-ring (bicyclic) bond motifs is 1. The molecule has 3 aromatic rings. The van der Waals surface area contributed by atoms with Crippen LogP contribution in [0.15, 0.2) is 48.5 Å². The van der Waals surface area contributed by atoms with Gasteiger partial charge in [-0.15, -0.1) is 5.10 Å². The van der Waals surface area contributed by atoms with Crippen molar-refractivity contribution in [2.45, 2.75) is 20.0 Å². The molecule has 3 N–H and O–H groups in total. The van der Waals surface area contributed by atoms with Gasteiger partial charge in [0.15, 0.2) is 5.82 Å². The number of aryl methyl sites for hydroxylation is 1. The molecule has 0 saturated carbocycles. The van der Waals surface area contributed by atoms with Crippen LogP contribution in [0.1, 0.15) is 37.5 Å². The van der Waals surface area contributed by atoms with Crippen molar-refractivity contribution in [3.8, 4) is 5.75 Å². The first-order valence-electron chi connectivity index (χ1n) is 9.14. The molecule has 0 bridgehead atoms. The Labute approximate surface area is 171 Å². The van der Waals surface area contributed by atoms with Gasteiger partial charge in [-0.3, -0.25) is 9.59 Å². The molecule has 4 rings (SSSR count). The van der Waals surface area contributed by atoms with Gasteiger partial charge in [0.2, 0.25) is 0 Å². The fourth-order valence-electron chi connectivity index (χ4n) is 3.31. The third-order valence-electron chi connectivity index (χ3n) is 4.91. The smallest absolute Gasteiger partial charge is 0.432 e. The number of nitrogens with zero attached hydrogens (tertiary/aromatic N) is 3. The third kappa shape index (κ3) is 3.48. The summed E-state index contributed by atoms with van der Waals surface area (Å²) in [7, 11) is 0. The molecule has 9 heteroatoms.